The van der Waals surface area contributed by atoms with E-state index >= 15 is 0 Å². The Morgan fingerprint density at radius 3 is 2.69 bits per heavy atom. The second-order valence-corrected chi connectivity index (χ2v) is 7.08. The number of hydrazone groups is 1. The summed E-state index contributed by atoms with van der Waals surface area (Å²) in [6.45, 7) is 2.91. The molecule has 1 aromatic rings. The van der Waals surface area contributed by atoms with Crippen LogP contribution in [0, 0.1) is 0 Å². The highest BCUT2D eigenvalue weighted by atomic mass is 16.7. The third kappa shape index (κ3) is 4.60. The van der Waals surface area contributed by atoms with Gasteiger partial charge in [-0.1, -0.05) is 29.4 Å². The monoisotopic (exact) mass is 358 g/mol. The summed E-state index contributed by atoms with van der Waals surface area (Å²) in [5.74, 6) is 4.46. The van der Waals surface area contributed by atoms with Crippen LogP contribution in [-0.2, 0) is 9.63 Å². The van der Waals surface area contributed by atoms with E-state index in [1.54, 1.807) is 6.21 Å². The number of aliphatic carboxylic acids is 1. The number of hydrogen-bond acceptors (Lipinski definition) is 6. The number of benzene rings is 1. The number of unbranched alkanes of at least 4 members (excludes halogenated alkanes) is 1. The smallest absolute Gasteiger partial charge is 0.303 e. The van der Waals surface area contributed by atoms with Crippen molar-refractivity contribution in [1.82, 2.24) is 4.90 Å². The lowest BCUT2D eigenvalue weighted by Gasteiger charge is -2.37. The molecule has 0 unspecified atom stereocenters. The van der Waals surface area contributed by atoms with Gasteiger partial charge in [0.15, 0.2) is 0 Å². The van der Waals surface area contributed by atoms with Crippen molar-refractivity contribution in [2.24, 2.45) is 16.1 Å². The Morgan fingerprint density at radius 1 is 1.31 bits per heavy atom. The molecule has 0 amide bonds. The number of nitrogens with two attached hydrogens (primary N) is 1. The van der Waals surface area contributed by atoms with Crippen LogP contribution >= 0.6 is 0 Å². The van der Waals surface area contributed by atoms with Crippen LogP contribution in [0.2, 0.25) is 0 Å². The summed E-state index contributed by atoms with van der Waals surface area (Å²) >= 11 is 0. The number of hydrogen-bond donors (Lipinski definition) is 2. The molecule has 0 aliphatic carbocycles. The average molecular weight is 358 g/mol. The maximum absolute atomic E-state index is 10.6. The molecule has 2 aliphatic rings. The van der Waals surface area contributed by atoms with E-state index < -0.39 is 5.97 Å². The topological polar surface area (TPSA) is 101 Å². The van der Waals surface area contributed by atoms with Gasteiger partial charge in [-0.25, -0.2) is 0 Å². The molecule has 7 nitrogen and oxygen atoms in total. The molecular weight excluding hydrogens is 332 g/mol. The first-order chi connectivity index (χ1) is 12.6. The second kappa shape index (κ2) is 8.31. The van der Waals surface area contributed by atoms with Crippen LogP contribution in [0.15, 0.2) is 34.5 Å². The van der Waals surface area contributed by atoms with E-state index in [1.807, 2.05) is 24.3 Å². The summed E-state index contributed by atoms with van der Waals surface area (Å²) in [5, 5.41) is 16.6. The molecule has 7 heteroatoms. The summed E-state index contributed by atoms with van der Waals surface area (Å²) in [5.41, 5.74) is 2.86. The molecule has 3 N–H and O–H groups in total. The Hall–Kier alpha value is -2.41. The van der Waals surface area contributed by atoms with Crippen molar-refractivity contribution in [3.8, 4) is 0 Å². The number of carboxylic acid groups (broad SMARTS) is 1. The van der Waals surface area contributed by atoms with Gasteiger partial charge in [-0.2, -0.15) is 5.10 Å². The Bertz CT molecular complexity index is 677. The van der Waals surface area contributed by atoms with Crippen LogP contribution in [-0.4, -0.2) is 53.1 Å². The number of oxime groups is 1. The van der Waals surface area contributed by atoms with E-state index in [2.05, 4.69) is 15.2 Å². The van der Waals surface area contributed by atoms with Crippen LogP contribution in [0.5, 0.6) is 0 Å². The predicted molar refractivity (Wildman–Crippen MR) is 100 cm³/mol. The summed E-state index contributed by atoms with van der Waals surface area (Å²) in [6.07, 6.45) is 6.29. The molecule has 0 aromatic heterocycles. The van der Waals surface area contributed by atoms with Crippen LogP contribution in [0.25, 0.3) is 0 Å². The minimum atomic E-state index is -0.713. The number of likely N-dealkylation sites (tertiary alicyclic amines) is 1. The van der Waals surface area contributed by atoms with Crippen molar-refractivity contribution in [3.63, 3.8) is 0 Å². The molecule has 3 rings (SSSR count). The fourth-order valence-corrected chi connectivity index (χ4v) is 3.59. The maximum Gasteiger partial charge on any atom is 0.303 e. The van der Waals surface area contributed by atoms with Crippen molar-refractivity contribution in [3.05, 3.63) is 35.4 Å². The average Bonchev–Trinajstić information content (AvgIpc) is 3.05. The molecule has 0 saturated carbocycles. The lowest BCUT2D eigenvalue weighted by Crippen LogP contribution is -2.44. The van der Waals surface area contributed by atoms with Crippen LogP contribution in [0.4, 0.5) is 0 Å². The van der Waals surface area contributed by atoms with Crippen molar-refractivity contribution in [2.45, 2.75) is 44.1 Å². The molecule has 0 atom stereocenters. The first-order valence-electron chi connectivity index (χ1n) is 9.13. The van der Waals surface area contributed by atoms with Crippen LogP contribution in [0.3, 0.4) is 0 Å². The molecule has 0 bridgehead atoms. The van der Waals surface area contributed by atoms with Gasteiger partial charge in [-0.3, -0.25) is 4.79 Å². The van der Waals surface area contributed by atoms with E-state index in [0.717, 1.165) is 68.6 Å². The Balaban J connectivity index is 1.47. The molecule has 2 aliphatic heterocycles. The van der Waals surface area contributed by atoms with Crippen molar-refractivity contribution in [2.75, 3.05) is 19.6 Å². The van der Waals surface area contributed by atoms with E-state index in [-0.39, 0.29) is 12.0 Å². The van der Waals surface area contributed by atoms with Crippen molar-refractivity contribution in [1.29, 1.82) is 0 Å². The Morgan fingerprint density at radius 2 is 2.04 bits per heavy atom. The number of piperidine rings is 1. The van der Waals surface area contributed by atoms with E-state index in [1.165, 1.54) is 0 Å². The molecule has 2 heterocycles. The minimum Gasteiger partial charge on any atom is -0.481 e. The largest absolute Gasteiger partial charge is 0.481 e. The fraction of sp³-hybridized carbons (Fsp3) is 0.526. The Kier molecular flexibility index (Phi) is 5.88. The highest BCUT2D eigenvalue weighted by Gasteiger charge is 2.42. The Labute approximate surface area is 153 Å². The summed E-state index contributed by atoms with van der Waals surface area (Å²) in [6, 6.07) is 7.99. The summed E-state index contributed by atoms with van der Waals surface area (Å²) < 4.78 is 0. The van der Waals surface area contributed by atoms with Gasteiger partial charge in [0.25, 0.3) is 0 Å². The third-order valence-electron chi connectivity index (χ3n) is 5.19. The first kappa shape index (κ1) is 18.4. The van der Waals surface area contributed by atoms with Gasteiger partial charge in [-0.15, -0.1) is 0 Å². The fourth-order valence-electron chi connectivity index (χ4n) is 3.59. The zero-order valence-corrected chi connectivity index (χ0v) is 14.9. The maximum atomic E-state index is 10.6. The highest BCUT2D eigenvalue weighted by Crippen LogP contribution is 2.36. The van der Waals surface area contributed by atoms with Crippen molar-refractivity contribution >= 4 is 17.9 Å². The molecule has 1 saturated heterocycles. The third-order valence-corrected chi connectivity index (χ3v) is 5.19. The van der Waals surface area contributed by atoms with Gasteiger partial charge in [0.05, 0.1) is 11.9 Å². The second-order valence-electron chi connectivity index (χ2n) is 7.08. The van der Waals surface area contributed by atoms with E-state index in [9.17, 15) is 4.79 Å². The molecular formula is C19H26N4O3. The zero-order chi connectivity index (χ0) is 18.4. The molecule has 26 heavy (non-hydrogen) atoms. The number of carboxylic acids is 1. The molecule has 1 aromatic carbocycles. The van der Waals surface area contributed by atoms with E-state index in [4.69, 9.17) is 15.8 Å². The lowest BCUT2D eigenvalue weighted by molar-refractivity contribution is -0.137. The number of carbonyl (C=O) groups is 1. The van der Waals surface area contributed by atoms with Gasteiger partial charge in [0.1, 0.15) is 5.60 Å². The summed E-state index contributed by atoms with van der Waals surface area (Å²) in [4.78, 5) is 18.8. The van der Waals surface area contributed by atoms with E-state index in [0.29, 0.717) is 0 Å². The van der Waals surface area contributed by atoms with Crippen LogP contribution < -0.4 is 5.84 Å². The first-order valence-corrected chi connectivity index (χ1v) is 9.13. The van der Waals surface area contributed by atoms with Gasteiger partial charge >= 0.3 is 5.97 Å². The molecule has 140 valence electrons. The van der Waals surface area contributed by atoms with Gasteiger partial charge in [-0.05, 0) is 30.5 Å². The van der Waals surface area contributed by atoms with Crippen molar-refractivity contribution < 1.29 is 14.7 Å². The normalized spacial score (nSPS) is 19.6. The molecule has 0 radical (unpaired) electrons. The number of nitrogens with zero attached hydrogens (tertiary/aromatic N) is 3. The minimum absolute atomic E-state index is 0.176. The quantitative estimate of drug-likeness (QED) is 0.337. The number of rotatable bonds is 7. The molecule has 1 spiro atoms. The zero-order valence-electron chi connectivity index (χ0n) is 14.9. The van der Waals surface area contributed by atoms with Gasteiger partial charge in [0.2, 0.25) is 0 Å². The highest BCUT2D eigenvalue weighted by molar-refractivity contribution is 6.02. The summed E-state index contributed by atoms with van der Waals surface area (Å²) in [7, 11) is 0. The van der Waals surface area contributed by atoms with Crippen LogP contribution in [0.1, 0.15) is 49.7 Å². The molecule has 1 fully saturated rings. The van der Waals surface area contributed by atoms with Gasteiger partial charge < -0.3 is 20.7 Å². The predicted octanol–water partition coefficient (Wildman–Crippen LogP) is 2.19. The van der Waals surface area contributed by atoms with Gasteiger partial charge in [0, 0.05) is 38.8 Å². The standard InChI is InChI=1S/C19H26N4O3/c20-21-14-15-4-6-16(7-5-15)17-13-19(26-22-17)8-11-23(12-9-19)10-2-1-3-18(24)25/h4-7,14H,1-3,8-13,20H2,(H,24,25). The lowest BCUT2D eigenvalue weighted by atomic mass is 9.85. The SMILES string of the molecule is NN=Cc1ccc(C2=NOC3(CCN(CCCCC(=O)O)CC3)C2)cc1.